The molecule has 0 aliphatic carbocycles. The molecule has 0 spiro atoms. The molecule has 0 bridgehead atoms. The van der Waals surface area contributed by atoms with E-state index in [1.165, 1.54) is 0 Å². The number of rotatable bonds is 2. The highest BCUT2D eigenvalue weighted by molar-refractivity contribution is 5.12. The van der Waals surface area contributed by atoms with E-state index in [1.54, 1.807) is 6.92 Å². The third kappa shape index (κ3) is 2.25. The molecule has 0 atom stereocenters. The summed E-state index contributed by atoms with van der Waals surface area (Å²) in [7, 11) is 0. The fraction of sp³-hybridized carbons (Fsp3) is 0.800. The van der Waals surface area contributed by atoms with E-state index in [-0.39, 0.29) is 5.41 Å². The van der Waals surface area contributed by atoms with Crippen LogP contribution in [0.4, 0.5) is 0 Å². The Balaban J connectivity index is 4.70. The van der Waals surface area contributed by atoms with Crippen molar-refractivity contribution in [2.75, 3.05) is 0 Å². The molecule has 11 heavy (non-hydrogen) atoms. The molecular formula is C10H20O. The molecule has 1 N–H and O–H groups in total. The van der Waals surface area contributed by atoms with Crippen LogP contribution in [0, 0.1) is 11.3 Å². The normalized spacial score (nSPS) is 15.2. The molecule has 0 aromatic rings. The van der Waals surface area contributed by atoms with Crippen molar-refractivity contribution in [1.29, 1.82) is 0 Å². The topological polar surface area (TPSA) is 20.2 Å². The highest BCUT2D eigenvalue weighted by Crippen LogP contribution is 2.35. The first-order valence-electron chi connectivity index (χ1n) is 4.17. The number of aliphatic hydroxyl groups excluding tert-OH is 1. The lowest BCUT2D eigenvalue weighted by Gasteiger charge is -2.30. The Labute approximate surface area is 70.1 Å². The number of aliphatic hydroxyl groups is 1. The van der Waals surface area contributed by atoms with Gasteiger partial charge in [0, 0.05) is 0 Å². The lowest BCUT2D eigenvalue weighted by atomic mass is 9.75. The fourth-order valence-electron chi connectivity index (χ4n) is 0.899. The van der Waals surface area contributed by atoms with Gasteiger partial charge in [-0.3, -0.25) is 0 Å². The average Bonchev–Trinajstić information content (AvgIpc) is 1.85. The predicted octanol–water partition coefficient (Wildman–Crippen LogP) is 3.52. The molecule has 1 nitrogen and oxygen atoms in total. The van der Waals surface area contributed by atoms with Crippen LogP contribution in [0.1, 0.15) is 41.5 Å². The smallest absolute Gasteiger partial charge is 0.0886 e. The molecule has 0 unspecified atom stereocenters. The van der Waals surface area contributed by atoms with Gasteiger partial charge in [-0.2, -0.15) is 0 Å². The van der Waals surface area contributed by atoms with Gasteiger partial charge < -0.3 is 5.11 Å². The zero-order valence-corrected chi connectivity index (χ0v) is 8.52. The molecular weight excluding hydrogens is 136 g/mol. The first-order chi connectivity index (χ1) is 4.80. The first kappa shape index (κ1) is 10.5. The molecule has 0 aliphatic heterocycles. The Hall–Kier alpha value is -0.460. The van der Waals surface area contributed by atoms with Gasteiger partial charge in [-0.1, -0.05) is 27.7 Å². The van der Waals surface area contributed by atoms with Crippen molar-refractivity contribution in [2.45, 2.75) is 41.5 Å². The molecule has 0 aliphatic rings. The van der Waals surface area contributed by atoms with Crippen LogP contribution in [0.5, 0.6) is 0 Å². The zero-order valence-electron chi connectivity index (χ0n) is 8.52. The second-order valence-corrected chi connectivity index (χ2v) is 4.09. The second kappa shape index (κ2) is 3.29. The van der Waals surface area contributed by atoms with Crippen LogP contribution in [0.2, 0.25) is 0 Å². The fourth-order valence-corrected chi connectivity index (χ4v) is 0.899. The minimum Gasteiger partial charge on any atom is -0.513 e. The molecule has 0 saturated carbocycles. The summed E-state index contributed by atoms with van der Waals surface area (Å²) >= 11 is 0. The van der Waals surface area contributed by atoms with E-state index in [0.717, 1.165) is 5.57 Å². The maximum absolute atomic E-state index is 9.29. The van der Waals surface area contributed by atoms with E-state index in [2.05, 4.69) is 27.7 Å². The molecule has 0 aromatic heterocycles. The third-order valence-electron chi connectivity index (χ3n) is 2.95. The van der Waals surface area contributed by atoms with Gasteiger partial charge in [0.2, 0.25) is 0 Å². The van der Waals surface area contributed by atoms with Crippen molar-refractivity contribution in [3.05, 3.63) is 11.3 Å². The molecule has 0 heterocycles. The third-order valence-corrected chi connectivity index (χ3v) is 2.95. The van der Waals surface area contributed by atoms with Crippen LogP contribution < -0.4 is 0 Å². The summed E-state index contributed by atoms with van der Waals surface area (Å²) < 4.78 is 0. The summed E-state index contributed by atoms with van der Waals surface area (Å²) in [6.07, 6.45) is 0. The van der Waals surface area contributed by atoms with Gasteiger partial charge in [0.05, 0.1) is 5.76 Å². The summed E-state index contributed by atoms with van der Waals surface area (Å²) in [6.45, 7) is 12.4. The summed E-state index contributed by atoms with van der Waals surface area (Å²) in [4.78, 5) is 0. The van der Waals surface area contributed by atoms with Crippen LogP contribution in [0.25, 0.3) is 0 Å². The van der Waals surface area contributed by atoms with E-state index in [0.29, 0.717) is 11.7 Å². The predicted molar refractivity (Wildman–Crippen MR) is 49.6 cm³/mol. The highest BCUT2D eigenvalue weighted by Gasteiger charge is 2.25. The second-order valence-electron chi connectivity index (χ2n) is 4.09. The van der Waals surface area contributed by atoms with Crippen molar-refractivity contribution < 1.29 is 5.11 Å². The average molecular weight is 156 g/mol. The minimum atomic E-state index is 0.110. The largest absolute Gasteiger partial charge is 0.513 e. The Morgan fingerprint density at radius 2 is 1.55 bits per heavy atom. The van der Waals surface area contributed by atoms with Crippen LogP contribution in [0.3, 0.4) is 0 Å². The Bertz CT molecular complexity index is 160. The van der Waals surface area contributed by atoms with Crippen molar-refractivity contribution in [3.8, 4) is 0 Å². The Kier molecular flexibility index (Phi) is 3.15. The number of allylic oxidation sites excluding steroid dienone is 2. The SMILES string of the molecule is C/C(O)=C(\C)C(C)(C)C(C)C. The molecule has 0 saturated heterocycles. The molecule has 1 heteroatoms. The Morgan fingerprint density at radius 1 is 1.18 bits per heavy atom. The van der Waals surface area contributed by atoms with Gasteiger partial charge in [0.25, 0.3) is 0 Å². The molecule has 0 fully saturated rings. The quantitative estimate of drug-likeness (QED) is 0.606. The summed E-state index contributed by atoms with van der Waals surface area (Å²) in [6, 6.07) is 0. The van der Waals surface area contributed by atoms with Gasteiger partial charge in [0.15, 0.2) is 0 Å². The Morgan fingerprint density at radius 3 is 1.64 bits per heavy atom. The van der Waals surface area contributed by atoms with Gasteiger partial charge in [-0.15, -0.1) is 0 Å². The van der Waals surface area contributed by atoms with Crippen LogP contribution in [-0.2, 0) is 0 Å². The number of hydrogen-bond acceptors (Lipinski definition) is 1. The van der Waals surface area contributed by atoms with Crippen molar-refractivity contribution in [3.63, 3.8) is 0 Å². The van der Waals surface area contributed by atoms with E-state index in [9.17, 15) is 5.11 Å². The van der Waals surface area contributed by atoms with Crippen molar-refractivity contribution in [2.24, 2.45) is 11.3 Å². The van der Waals surface area contributed by atoms with Crippen LogP contribution in [-0.4, -0.2) is 5.11 Å². The van der Waals surface area contributed by atoms with Gasteiger partial charge in [-0.05, 0) is 30.8 Å². The maximum atomic E-state index is 9.29. The zero-order chi connectivity index (χ0) is 9.23. The molecule has 0 radical (unpaired) electrons. The molecule has 0 amide bonds. The van der Waals surface area contributed by atoms with E-state index < -0.39 is 0 Å². The van der Waals surface area contributed by atoms with Crippen LogP contribution in [0.15, 0.2) is 11.3 Å². The lowest BCUT2D eigenvalue weighted by molar-refractivity contribution is 0.285. The van der Waals surface area contributed by atoms with Gasteiger partial charge in [-0.25, -0.2) is 0 Å². The first-order valence-corrected chi connectivity index (χ1v) is 4.17. The van der Waals surface area contributed by atoms with E-state index >= 15 is 0 Å². The van der Waals surface area contributed by atoms with E-state index in [1.807, 2.05) is 6.92 Å². The summed E-state index contributed by atoms with van der Waals surface area (Å²) in [5, 5.41) is 9.29. The maximum Gasteiger partial charge on any atom is 0.0886 e. The lowest BCUT2D eigenvalue weighted by Crippen LogP contribution is -2.21. The standard InChI is InChI=1S/C10H20O/c1-7(2)10(5,6)8(3)9(4)11/h7,11H,1-6H3/b9-8-. The molecule has 0 aromatic carbocycles. The monoisotopic (exact) mass is 156 g/mol. The molecule has 66 valence electrons. The van der Waals surface area contributed by atoms with Crippen LogP contribution >= 0.6 is 0 Å². The van der Waals surface area contributed by atoms with Gasteiger partial charge >= 0.3 is 0 Å². The minimum absolute atomic E-state index is 0.110. The summed E-state index contributed by atoms with van der Waals surface area (Å²) in [5.41, 5.74) is 1.20. The van der Waals surface area contributed by atoms with Crippen molar-refractivity contribution >= 4 is 0 Å². The molecule has 0 rings (SSSR count). The van der Waals surface area contributed by atoms with Gasteiger partial charge in [0.1, 0.15) is 0 Å². The highest BCUT2D eigenvalue weighted by atomic mass is 16.3. The summed E-state index contributed by atoms with van der Waals surface area (Å²) in [5.74, 6) is 1.02. The number of hydrogen-bond donors (Lipinski definition) is 1. The van der Waals surface area contributed by atoms with E-state index in [4.69, 9.17) is 0 Å². The van der Waals surface area contributed by atoms with Crippen molar-refractivity contribution in [1.82, 2.24) is 0 Å².